The summed E-state index contributed by atoms with van der Waals surface area (Å²) in [7, 11) is -3.64. The number of morpholine rings is 1. The third-order valence-electron chi connectivity index (χ3n) is 5.52. The van der Waals surface area contributed by atoms with Gasteiger partial charge in [-0.05, 0) is 31.0 Å². The van der Waals surface area contributed by atoms with E-state index in [2.05, 4.69) is 9.88 Å². The lowest BCUT2D eigenvalue weighted by Crippen LogP contribution is -2.40. The standard InChI is InChI=1S/C20H26N4O4S2/c1-16-3-4-17(30(26,27)24-10-12-28-13-11-24)15-18(16)19(25)22-6-2-7-23(9-8-22)20-21-5-14-29-20/h3-5,14-15H,2,6-13H2,1H3. The zero-order chi connectivity index (χ0) is 21.1. The van der Waals surface area contributed by atoms with E-state index in [1.54, 1.807) is 29.7 Å². The van der Waals surface area contributed by atoms with Crippen LogP contribution in [0.1, 0.15) is 22.3 Å². The molecule has 0 N–H and O–H groups in total. The fourth-order valence-electron chi connectivity index (χ4n) is 3.78. The zero-order valence-electron chi connectivity index (χ0n) is 17.0. The van der Waals surface area contributed by atoms with Gasteiger partial charge in [-0.1, -0.05) is 6.07 Å². The number of thiazole rings is 1. The summed E-state index contributed by atoms with van der Waals surface area (Å²) in [5.74, 6) is -0.118. The molecular formula is C20H26N4O4S2. The first-order valence-corrected chi connectivity index (χ1v) is 12.4. The number of hydrogen-bond acceptors (Lipinski definition) is 7. The average Bonchev–Trinajstić information content (AvgIpc) is 3.19. The maximum atomic E-state index is 13.3. The molecule has 3 heterocycles. The van der Waals surface area contributed by atoms with Crippen LogP contribution in [0.4, 0.5) is 5.13 Å². The van der Waals surface area contributed by atoms with Crippen molar-refractivity contribution in [1.82, 2.24) is 14.2 Å². The predicted molar refractivity (Wildman–Crippen MR) is 116 cm³/mol. The van der Waals surface area contributed by atoms with Gasteiger partial charge in [0.15, 0.2) is 5.13 Å². The molecule has 1 aromatic heterocycles. The summed E-state index contributed by atoms with van der Waals surface area (Å²) < 4.78 is 32.7. The molecule has 2 fully saturated rings. The van der Waals surface area contributed by atoms with E-state index in [4.69, 9.17) is 4.74 Å². The molecule has 2 saturated heterocycles. The Balaban J connectivity index is 1.53. The lowest BCUT2D eigenvalue weighted by atomic mass is 10.1. The van der Waals surface area contributed by atoms with Crippen molar-refractivity contribution in [3.05, 3.63) is 40.9 Å². The monoisotopic (exact) mass is 450 g/mol. The minimum Gasteiger partial charge on any atom is -0.379 e. The molecule has 0 atom stereocenters. The van der Waals surface area contributed by atoms with E-state index in [-0.39, 0.29) is 10.8 Å². The second kappa shape index (κ2) is 9.01. The summed E-state index contributed by atoms with van der Waals surface area (Å²) in [6, 6.07) is 4.84. The van der Waals surface area contributed by atoms with Gasteiger partial charge in [0, 0.05) is 56.4 Å². The second-order valence-corrected chi connectivity index (χ2v) is 10.3. The molecule has 0 aliphatic carbocycles. The summed E-state index contributed by atoms with van der Waals surface area (Å²) in [6.45, 7) is 6.07. The Bertz CT molecular complexity index is 988. The Morgan fingerprint density at radius 3 is 2.63 bits per heavy atom. The predicted octanol–water partition coefficient (Wildman–Crippen LogP) is 1.82. The highest BCUT2D eigenvalue weighted by atomic mass is 32.2. The molecule has 1 aromatic carbocycles. The first-order valence-electron chi connectivity index (χ1n) is 10.1. The lowest BCUT2D eigenvalue weighted by Gasteiger charge is -2.27. The van der Waals surface area contributed by atoms with Crippen molar-refractivity contribution in [2.24, 2.45) is 0 Å². The van der Waals surface area contributed by atoms with Gasteiger partial charge in [0.25, 0.3) is 5.91 Å². The van der Waals surface area contributed by atoms with Crippen LogP contribution >= 0.6 is 11.3 Å². The van der Waals surface area contributed by atoms with Gasteiger partial charge < -0.3 is 14.5 Å². The molecule has 0 bridgehead atoms. The summed E-state index contributed by atoms with van der Waals surface area (Å²) in [4.78, 5) is 21.8. The van der Waals surface area contributed by atoms with Gasteiger partial charge in [0.2, 0.25) is 10.0 Å². The molecule has 10 heteroatoms. The minimum absolute atomic E-state index is 0.118. The third kappa shape index (κ3) is 4.36. The quantitative estimate of drug-likeness (QED) is 0.707. The highest BCUT2D eigenvalue weighted by Crippen LogP contribution is 2.23. The number of carbonyl (C=O) groups excluding carboxylic acids is 1. The molecule has 30 heavy (non-hydrogen) atoms. The minimum atomic E-state index is -3.64. The average molecular weight is 451 g/mol. The van der Waals surface area contributed by atoms with Crippen LogP contribution in [0.5, 0.6) is 0 Å². The van der Waals surface area contributed by atoms with E-state index in [0.717, 1.165) is 23.7 Å². The Kier molecular flexibility index (Phi) is 6.37. The number of aryl methyl sites for hydroxylation is 1. The Morgan fingerprint density at radius 1 is 1.10 bits per heavy atom. The van der Waals surface area contributed by atoms with Gasteiger partial charge in [-0.2, -0.15) is 4.31 Å². The normalized spacial score (nSPS) is 19.0. The van der Waals surface area contributed by atoms with Crippen molar-refractivity contribution < 1.29 is 17.9 Å². The highest BCUT2D eigenvalue weighted by Gasteiger charge is 2.29. The number of sulfonamides is 1. The number of rotatable bonds is 4. The highest BCUT2D eigenvalue weighted by molar-refractivity contribution is 7.89. The number of hydrogen-bond donors (Lipinski definition) is 0. The molecule has 0 unspecified atom stereocenters. The number of anilines is 1. The van der Waals surface area contributed by atoms with E-state index in [1.807, 2.05) is 17.2 Å². The Hall–Kier alpha value is -2.01. The molecule has 2 aliphatic heterocycles. The van der Waals surface area contributed by atoms with Crippen molar-refractivity contribution in [2.75, 3.05) is 57.4 Å². The van der Waals surface area contributed by atoms with Crippen molar-refractivity contribution in [3.8, 4) is 0 Å². The number of amides is 1. The van der Waals surface area contributed by atoms with Crippen molar-refractivity contribution in [1.29, 1.82) is 0 Å². The van der Waals surface area contributed by atoms with Crippen LogP contribution in [0.2, 0.25) is 0 Å². The Morgan fingerprint density at radius 2 is 1.90 bits per heavy atom. The molecule has 1 amide bonds. The van der Waals surface area contributed by atoms with E-state index in [1.165, 1.54) is 10.4 Å². The number of carbonyl (C=O) groups is 1. The fraction of sp³-hybridized carbons (Fsp3) is 0.500. The zero-order valence-corrected chi connectivity index (χ0v) is 18.6. The number of benzene rings is 1. The number of aromatic nitrogens is 1. The molecule has 2 aliphatic rings. The topological polar surface area (TPSA) is 83.0 Å². The fourth-order valence-corrected chi connectivity index (χ4v) is 5.91. The number of ether oxygens (including phenoxy) is 1. The van der Waals surface area contributed by atoms with Crippen LogP contribution < -0.4 is 4.90 Å². The molecule has 0 saturated carbocycles. The summed E-state index contributed by atoms with van der Waals surface area (Å²) in [5.41, 5.74) is 1.23. The van der Waals surface area contributed by atoms with Crippen LogP contribution in [-0.4, -0.2) is 81.0 Å². The third-order valence-corrected chi connectivity index (χ3v) is 8.25. The van der Waals surface area contributed by atoms with Gasteiger partial charge in [0.05, 0.1) is 18.1 Å². The Labute approximate surface area is 181 Å². The van der Waals surface area contributed by atoms with Crippen LogP contribution in [-0.2, 0) is 14.8 Å². The molecule has 162 valence electrons. The lowest BCUT2D eigenvalue weighted by molar-refractivity contribution is 0.0729. The van der Waals surface area contributed by atoms with Crippen molar-refractivity contribution >= 4 is 32.4 Å². The first-order chi connectivity index (χ1) is 14.5. The van der Waals surface area contributed by atoms with Gasteiger partial charge in [-0.25, -0.2) is 13.4 Å². The summed E-state index contributed by atoms with van der Waals surface area (Å²) >= 11 is 1.60. The second-order valence-electron chi connectivity index (χ2n) is 7.44. The molecule has 0 radical (unpaired) electrons. The van der Waals surface area contributed by atoms with Crippen molar-refractivity contribution in [2.45, 2.75) is 18.2 Å². The maximum Gasteiger partial charge on any atom is 0.254 e. The molecule has 0 spiro atoms. The van der Waals surface area contributed by atoms with Crippen LogP contribution in [0.25, 0.3) is 0 Å². The van der Waals surface area contributed by atoms with Gasteiger partial charge >= 0.3 is 0 Å². The van der Waals surface area contributed by atoms with E-state index >= 15 is 0 Å². The van der Waals surface area contributed by atoms with E-state index in [0.29, 0.717) is 51.5 Å². The van der Waals surface area contributed by atoms with Gasteiger partial charge in [-0.15, -0.1) is 11.3 Å². The smallest absolute Gasteiger partial charge is 0.254 e. The van der Waals surface area contributed by atoms with Crippen molar-refractivity contribution in [3.63, 3.8) is 0 Å². The first kappa shape index (κ1) is 21.2. The summed E-state index contributed by atoms with van der Waals surface area (Å²) in [6.07, 6.45) is 2.63. The SMILES string of the molecule is Cc1ccc(S(=O)(=O)N2CCOCC2)cc1C(=O)N1CCCN(c2nccs2)CC1. The number of nitrogens with zero attached hydrogens (tertiary/aromatic N) is 4. The van der Waals surface area contributed by atoms with Crippen LogP contribution in [0.3, 0.4) is 0 Å². The van der Waals surface area contributed by atoms with E-state index < -0.39 is 10.0 Å². The summed E-state index contributed by atoms with van der Waals surface area (Å²) in [5, 5.41) is 2.92. The molecule has 2 aromatic rings. The molecular weight excluding hydrogens is 424 g/mol. The van der Waals surface area contributed by atoms with Gasteiger partial charge in [0.1, 0.15) is 0 Å². The van der Waals surface area contributed by atoms with Gasteiger partial charge in [-0.3, -0.25) is 4.79 Å². The molecule has 4 rings (SSSR count). The largest absolute Gasteiger partial charge is 0.379 e. The van der Waals surface area contributed by atoms with Crippen LogP contribution in [0, 0.1) is 6.92 Å². The van der Waals surface area contributed by atoms with Crippen LogP contribution in [0.15, 0.2) is 34.7 Å². The van der Waals surface area contributed by atoms with E-state index in [9.17, 15) is 13.2 Å². The molecule has 8 nitrogen and oxygen atoms in total. The maximum absolute atomic E-state index is 13.3.